The number of carbonyl (C=O) groups excluding carboxylic acids is 3. The zero-order valence-corrected chi connectivity index (χ0v) is 7.46. The second-order valence-electron chi connectivity index (χ2n) is 2.76. The van der Waals surface area contributed by atoms with E-state index in [-0.39, 0.29) is 0 Å². The van der Waals surface area contributed by atoms with Gasteiger partial charge in [-0.2, -0.15) is 0 Å². The lowest BCUT2D eigenvalue weighted by Crippen LogP contribution is -2.61. The Labute approximate surface area is 78.2 Å². The van der Waals surface area contributed by atoms with Crippen LogP contribution < -0.4 is 0 Å². The van der Waals surface area contributed by atoms with Gasteiger partial charge in [0.25, 0.3) is 0 Å². The molecule has 8 nitrogen and oxygen atoms in total. The summed E-state index contributed by atoms with van der Waals surface area (Å²) in [6.45, 7) is 0. The molecule has 14 heavy (non-hydrogen) atoms. The Hall–Kier alpha value is -1.99. The molecule has 0 aliphatic carbocycles. The van der Waals surface area contributed by atoms with E-state index >= 15 is 0 Å². The first kappa shape index (κ1) is 10.1. The molecular weight excluding hydrogens is 194 g/mol. The van der Waals surface area contributed by atoms with Gasteiger partial charge in [0.05, 0.1) is 0 Å². The van der Waals surface area contributed by atoms with Crippen LogP contribution in [-0.4, -0.2) is 52.7 Å². The number of amides is 4. The fraction of sp³-hybridized carbons (Fsp3) is 0.500. The highest BCUT2D eigenvalue weighted by atomic mass is 16.6. The van der Waals surface area contributed by atoms with Gasteiger partial charge in [-0.05, 0) is 0 Å². The smallest absolute Gasteiger partial charge is 0.266 e. The topological polar surface area (TPSA) is 101 Å². The van der Waals surface area contributed by atoms with Gasteiger partial charge in [0.2, 0.25) is 0 Å². The number of nitrogens with zero attached hydrogens (tertiary/aromatic N) is 3. The first-order valence-electron chi connectivity index (χ1n) is 3.60. The van der Waals surface area contributed by atoms with Crippen LogP contribution in [0.15, 0.2) is 0 Å². The number of nitro groups is 1. The van der Waals surface area contributed by atoms with Crippen LogP contribution in [0.5, 0.6) is 0 Å². The highest BCUT2D eigenvalue weighted by Gasteiger charge is 2.50. The summed E-state index contributed by atoms with van der Waals surface area (Å²) in [5.74, 6) is -2.22. The van der Waals surface area contributed by atoms with E-state index in [1.807, 2.05) is 0 Å². The van der Waals surface area contributed by atoms with Crippen LogP contribution in [0, 0.1) is 10.1 Å². The summed E-state index contributed by atoms with van der Waals surface area (Å²) in [6, 6.07) is -2.86. The van der Waals surface area contributed by atoms with Crippen molar-refractivity contribution in [2.75, 3.05) is 14.1 Å². The molecule has 0 aromatic heterocycles. The predicted molar refractivity (Wildman–Crippen MR) is 41.7 cm³/mol. The van der Waals surface area contributed by atoms with Crippen molar-refractivity contribution in [1.82, 2.24) is 9.80 Å². The van der Waals surface area contributed by atoms with Crippen LogP contribution in [0.3, 0.4) is 0 Å². The van der Waals surface area contributed by atoms with Gasteiger partial charge in [-0.1, -0.05) is 0 Å². The third kappa shape index (κ3) is 1.20. The van der Waals surface area contributed by atoms with Crippen LogP contribution in [0.25, 0.3) is 0 Å². The number of carbonyl (C=O) groups is 3. The Morgan fingerprint density at radius 2 is 1.50 bits per heavy atom. The molecule has 1 rings (SSSR count). The number of imide groups is 2. The molecule has 0 spiro atoms. The standard InChI is InChI=1S/C6H7N3O5/c1-7-4(10)3(9(13)14)5(11)8(2)6(7)12/h3H,1-2H3. The molecular formula is C6H7N3O5. The fourth-order valence-electron chi connectivity index (χ4n) is 1.07. The molecule has 1 heterocycles. The second-order valence-corrected chi connectivity index (χ2v) is 2.76. The lowest BCUT2D eigenvalue weighted by atomic mass is 10.2. The molecule has 0 aromatic rings. The van der Waals surface area contributed by atoms with Gasteiger partial charge in [-0.15, -0.1) is 0 Å². The molecule has 0 saturated carbocycles. The Morgan fingerprint density at radius 1 is 1.14 bits per heavy atom. The van der Waals surface area contributed by atoms with Crippen LogP contribution in [0.1, 0.15) is 0 Å². The number of rotatable bonds is 1. The number of barbiturate groups is 1. The van der Waals surface area contributed by atoms with E-state index in [9.17, 15) is 24.5 Å². The van der Waals surface area contributed by atoms with Gasteiger partial charge in [-0.25, -0.2) is 4.79 Å². The maximum Gasteiger partial charge on any atom is 0.367 e. The highest BCUT2D eigenvalue weighted by molar-refractivity contribution is 6.17. The van der Waals surface area contributed by atoms with Crippen molar-refractivity contribution in [3.05, 3.63) is 10.1 Å². The molecule has 76 valence electrons. The third-order valence-corrected chi connectivity index (χ3v) is 1.91. The van der Waals surface area contributed by atoms with E-state index in [1.54, 1.807) is 0 Å². The molecule has 0 atom stereocenters. The summed E-state index contributed by atoms with van der Waals surface area (Å²) in [5, 5.41) is 10.4. The third-order valence-electron chi connectivity index (χ3n) is 1.91. The highest BCUT2D eigenvalue weighted by Crippen LogP contribution is 2.10. The predicted octanol–water partition coefficient (Wildman–Crippen LogP) is -1.32. The molecule has 1 fully saturated rings. The average Bonchev–Trinajstić information content (AvgIpc) is 2.11. The minimum Gasteiger partial charge on any atom is -0.266 e. The zero-order valence-electron chi connectivity index (χ0n) is 7.46. The van der Waals surface area contributed by atoms with Gasteiger partial charge < -0.3 is 0 Å². The molecule has 4 amide bonds. The first-order valence-corrected chi connectivity index (χ1v) is 3.60. The second kappa shape index (κ2) is 3.05. The Morgan fingerprint density at radius 3 is 1.79 bits per heavy atom. The Kier molecular flexibility index (Phi) is 2.20. The zero-order chi connectivity index (χ0) is 11.0. The SMILES string of the molecule is CN1C(=O)C([N+](=O)[O-])C(=O)N(C)C1=O. The minimum atomic E-state index is -2.00. The monoisotopic (exact) mass is 201 g/mol. The minimum absolute atomic E-state index is 0.550. The molecule has 1 aliphatic rings. The van der Waals surface area contributed by atoms with Gasteiger partial charge >= 0.3 is 23.9 Å². The Bertz CT molecular complexity index is 314. The van der Waals surface area contributed by atoms with Gasteiger partial charge in [0.15, 0.2) is 0 Å². The van der Waals surface area contributed by atoms with Gasteiger partial charge in [-0.3, -0.25) is 29.5 Å². The molecule has 1 saturated heterocycles. The number of hydrogen-bond acceptors (Lipinski definition) is 5. The van der Waals surface area contributed by atoms with Crippen LogP contribution >= 0.6 is 0 Å². The van der Waals surface area contributed by atoms with Crippen molar-refractivity contribution in [1.29, 1.82) is 0 Å². The molecule has 0 unspecified atom stereocenters. The van der Waals surface area contributed by atoms with E-state index < -0.39 is 28.8 Å². The normalized spacial score (nSPS) is 19.1. The molecule has 0 bridgehead atoms. The van der Waals surface area contributed by atoms with E-state index in [0.717, 1.165) is 14.1 Å². The fourth-order valence-corrected chi connectivity index (χ4v) is 1.07. The summed E-state index contributed by atoms with van der Waals surface area (Å²) in [5.41, 5.74) is 0. The van der Waals surface area contributed by atoms with E-state index in [0.29, 0.717) is 9.80 Å². The quantitative estimate of drug-likeness (QED) is 0.297. The van der Waals surface area contributed by atoms with Crippen molar-refractivity contribution >= 4 is 17.8 Å². The van der Waals surface area contributed by atoms with Crippen molar-refractivity contribution in [2.24, 2.45) is 0 Å². The van der Waals surface area contributed by atoms with E-state index in [1.165, 1.54) is 0 Å². The Balaban J connectivity index is 3.10. The van der Waals surface area contributed by atoms with E-state index in [2.05, 4.69) is 0 Å². The molecule has 8 heteroatoms. The first-order chi connectivity index (χ1) is 6.37. The summed E-state index contributed by atoms with van der Waals surface area (Å²) in [4.78, 5) is 43.9. The van der Waals surface area contributed by atoms with Crippen LogP contribution in [0.2, 0.25) is 0 Å². The van der Waals surface area contributed by atoms with Crippen molar-refractivity contribution < 1.29 is 19.3 Å². The maximum atomic E-state index is 11.1. The molecule has 1 aliphatic heterocycles. The lowest BCUT2D eigenvalue weighted by Gasteiger charge is -2.28. The summed E-state index contributed by atoms with van der Waals surface area (Å²) >= 11 is 0. The lowest BCUT2D eigenvalue weighted by molar-refractivity contribution is -0.496. The van der Waals surface area contributed by atoms with Crippen molar-refractivity contribution in [3.63, 3.8) is 0 Å². The van der Waals surface area contributed by atoms with Gasteiger partial charge in [0, 0.05) is 19.0 Å². The molecule has 0 aromatic carbocycles. The maximum absolute atomic E-state index is 11.1. The molecule has 0 N–H and O–H groups in total. The summed E-state index contributed by atoms with van der Waals surface area (Å²) in [6.07, 6.45) is 0. The number of hydrogen-bond donors (Lipinski definition) is 0. The van der Waals surface area contributed by atoms with Gasteiger partial charge in [0.1, 0.15) is 0 Å². The van der Waals surface area contributed by atoms with Crippen molar-refractivity contribution in [2.45, 2.75) is 6.04 Å². The largest absolute Gasteiger partial charge is 0.367 e. The van der Waals surface area contributed by atoms with Crippen molar-refractivity contribution in [3.8, 4) is 0 Å². The summed E-state index contributed by atoms with van der Waals surface area (Å²) < 4.78 is 0. The average molecular weight is 201 g/mol. The molecule has 0 radical (unpaired) electrons. The van der Waals surface area contributed by atoms with Crippen LogP contribution in [0.4, 0.5) is 4.79 Å². The van der Waals surface area contributed by atoms with Crippen LogP contribution in [-0.2, 0) is 9.59 Å². The van der Waals surface area contributed by atoms with E-state index in [4.69, 9.17) is 0 Å². The summed E-state index contributed by atoms with van der Waals surface area (Å²) in [7, 11) is 2.17. The number of likely N-dealkylation sites (N-methyl/N-ethyl adjacent to an activating group) is 2. The number of urea groups is 1.